The summed E-state index contributed by atoms with van der Waals surface area (Å²) in [6, 6.07) is 0. The van der Waals surface area contributed by atoms with E-state index in [0.717, 1.165) is 24.1 Å². The Balaban J connectivity index is 2.19. The monoisotopic (exact) mass is 275 g/mol. The lowest BCUT2D eigenvalue weighted by molar-refractivity contribution is 0.163. The normalized spacial score (nSPS) is 11.9. The van der Waals surface area contributed by atoms with E-state index in [1.54, 1.807) is 6.20 Å². The molecular formula is C11H21N3O3S. The summed E-state index contributed by atoms with van der Waals surface area (Å²) in [5, 5.41) is 6.77. The Labute approximate surface area is 108 Å². The largest absolute Gasteiger partial charge is 0.381 e. The van der Waals surface area contributed by atoms with Gasteiger partial charge in [-0.2, -0.15) is 5.10 Å². The first kappa shape index (κ1) is 15.1. The third-order valence-electron chi connectivity index (χ3n) is 2.58. The van der Waals surface area contributed by atoms with Crippen LogP contribution in [0.25, 0.3) is 0 Å². The van der Waals surface area contributed by atoms with E-state index in [-0.39, 0.29) is 12.4 Å². The van der Waals surface area contributed by atoms with Gasteiger partial charge in [0.2, 0.25) is 10.0 Å². The Morgan fingerprint density at radius 2 is 2.28 bits per heavy atom. The number of aromatic nitrogens is 2. The molecule has 0 aliphatic rings. The molecule has 0 spiro atoms. The molecule has 0 aliphatic heterocycles. The third-order valence-corrected chi connectivity index (χ3v) is 3.93. The van der Waals surface area contributed by atoms with E-state index in [1.165, 1.54) is 0 Å². The van der Waals surface area contributed by atoms with Crippen LogP contribution in [0, 0.1) is 6.92 Å². The Morgan fingerprint density at radius 3 is 2.89 bits per heavy atom. The predicted molar refractivity (Wildman–Crippen MR) is 69.9 cm³/mol. The number of aromatic amines is 1. The van der Waals surface area contributed by atoms with Crippen LogP contribution in [0.5, 0.6) is 0 Å². The zero-order chi connectivity index (χ0) is 13.4. The first-order valence-electron chi connectivity index (χ1n) is 6.09. The van der Waals surface area contributed by atoms with Crippen molar-refractivity contribution in [2.45, 2.75) is 26.7 Å². The van der Waals surface area contributed by atoms with Crippen molar-refractivity contribution >= 4 is 10.0 Å². The van der Waals surface area contributed by atoms with Gasteiger partial charge < -0.3 is 4.74 Å². The van der Waals surface area contributed by atoms with Gasteiger partial charge in [0.05, 0.1) is 18.6 Å². The van der Waals surface area contributed by atoms with Crippen LogP contribution >= 0.6 is 0 Å². The third kappa shape index (κ3) is 5.61. The first-order chi connectivity index (χ1) is 8.55. The van der Waals surface area contributed by atoms with E-state index in [2.05, 4.69) is 14.9 Å². The predicted octanol–water partition coefficient (Wildman–Crippen LogP) is 0.607. The van der Waals surface area contributed by atoms with Gasteiger partial charge in [0.15, 0.2) is 0 Å². The number of H-pyrrole nitrogens is 1. The van der Waals surface area contributed by atoms with E-state index >= 15 is 0 Å². The standard InChI is InChI=1S/C11H21N3O3S/c1-3-17-7-8-18(15,16)13-6-4-5-11-9-12-14-10(11)2/h9,13H,3-8H2,1-2H3,(H,12,14). The number of hydrogen-bond donors (Lipinski definition) is 2. The highest BCUT2D eigenvalue weighted by Gasteiger charge is 2.09. The van der Waals surface area contributed by atoms with Crippen LogP contribution in [-0.2, 0) is 21.2 Å². The molecule has 0 saturated carbocycles. The van der Waals surface area contributed by atoms with Gasteiger partial charge in [0, 0.05) is 18.8 Å². The molecule has 0 atom stereocenters. The van der Waals surface area contributed by atoms with Gasteiger partial charge in [-0.1, -0.05) is 0 Å². The fraction of sp³-hybridized carbons (Fsp3) is 0.727. The molecule has 1 rings (SSSR count). The van der Waals surface area contributed by atoms with Crippen molar-refractivity contribution in [2.24, 2.45) is 0 Å². The molecule has 0 amide bonds. The van der Waals surface area contributed by atoms with Crippen molar-refractivity contribution in [2.75, 3.05) is 25.5 Å². The van der Waals surface area contributed by atoms with Gasteiger partial charge in [-0.25, -0.2) is 13.1 Å². The number of ether oxygens (including phenoxy) is 1. The van der Waals surface area contributed by atoms with Crippen molar-refractivity contribution in [3.05, 3.63) is 17.5 Å². The lowest BCUT2D eigenvalue weighted by Crippen LogP contribution is -2.29. The summed E-state index contributed by atoms with van der Waals surface area (Å²) >= 11 is 0. The van der Waals surface area contributed by atoms with Crippen LogP contribution in [0.2, 0.25) is 0 Å². The highest BCUT2D eigenvalue weighted by Crippen LogP contribution is 2.05. The van der Waals surface area contributed by atoms with Crippen LogP contribution in [0.4, 0.5) is 0 Å². The molecule has 0 radical (unpaired) electrons. The summed E-state index contributed by atoms with van der Waals surface area (Å²) in [5.41, 5.74) is 2.16. The van der Waals surface area contributed by atoms with Crippen molar-refractivity contribution in [1.82, 2.24) is 14.9 Å². The molecule has 1 aromatic rings. The second-order valence-electron chi connectivity index (χ2n) is 4.03. The van der Waals surface area contributed by atoms with E-state index in [0.29, 0.717) is 13.2 Å². The SMILES string of the molecule is CCOCCS(=O)(=O)NCCCc1cn[nH]c1C. The van der Waals surface area contributed by atoms with Crippen LogP contribution in [0.3, 0.4) is 0 Å². The minimum atomic E-state index is -3.20. The summed E-state index contributed by atoms with van der Waals surface area (Å²) in [6.07, 6.45) is 3.35. The minimum Gasteiger partial charge on any atom is -0.381 e. The van der Waals surface area contributed by atoms with Crippen LogP contribution < -0.4 is 4.72 Å². The molecule has 0 saturated heterocycles. The Bertz CT molecular complexity index is 442. The Morgan fingerprint density at radius 1 is 1.50 bits per heavy atom. The quantitative estimate of drug-likeness (QED) is 0.647. The summed E-state index contributed by atoms with van der Waals surface area (Å²) in [7, 11) is -3.20. The summed E-state index contributed by atoms with van der Waals surface area (Å²) in [6.45, 7) is 5.02. The Hall–Kier alpha value is -0.920. The van der Waals surface area contributed by atoms with Gasteiger partial charge in [0.25, 0.3) is 0 Å². The molecule has 1 heterocycles. The molecule has 1 aromatic heterocycles. The topological polar surface area (TPSA) is 84.1 Å². The zero-order valence-electron chi connectivity index (χ0n) is 10.9. The average Bonchev–Trinajstić information content (AvgIpc) is 2.71. The van der Waals surface area contributed by atoms with Gasteiger partial charge in [-0.15, -0.1) is 0 Å². The molecule has 0 aliphatic carbocycles. The average molecular weight is 275 g/mol. The molecule has 0 bridgehead atoms. The van der Waals surface area contributed by atoms with Crippen molar-refractivity contribution in [3.63, 3.8) is 0 Å². The molecule has 7 heteroatoms. The van der Waals surface area contributed by atoms with Crippen LogP contribution in [0.1, 0.15) is 24.6 Å². The highest BCUT2D eigenvalue weighted by atomic mass is 32.2. The highest BCUT2D eigenvalue weighted by molar-refractivity contribution is 7.89. The van der Waals surface area contributed by atoms with Gasteiger partial charge >= 0.3 is 0 Å². The minimum absolute atomic E-state index is 0.0194. The summed E-state index contributed by atoms with van der Waals surface area (Å²) < 4.78 is 30.6. The second-order valence-corrected chi connectivity index (χ2v) is 5.96. The summed E-state index contributed by atoms with van der Waals surface area (Å²) in [4.78, 5) is 0. The van der Waals surface area contributed by atoms with Crippen molar-refractivity contribution < 1.29 is 13.2 Å². The van der Waals surface area contributed by atoms with E-state index in [9.17, 15) is 8.42 Å². The smallest absolute Gasteiger partial charge is 0.213 e. The molecular weight excluding hydrogens is 254 g/mol. The van der Waals surface area contributed by atoms with Crippen LogP contribution in [-0.4, -0.2) is 44.1 Å². The maximum atomic E-state index is 11.5. The van der Waals surface area contributed by atoms with E-state index in [1.807, 2.05) is 13.8 Å². The van der Waals surface area contributed by atoms with Gasteiger partial charge in [-0.3, -0.25) is 5.10 Å². The van der Waals surface area contributed by atoms with Gasteiger partial charge in [-0.05, 0) is 32.3 Å². The number of aryl methyl sites for hydroxylation is 2. The molecule has 18 heavy (non-hydrogen) atoms. The molecule has 104 valence electrons. The Kier molecular flexibility index (Phi) is 6.31. The number of hydrogen-bond acceptors (Lipinski definition) is 4. The van der Waals surface area contributed by atoms with Crippen molar-refractivity contribution in [1.29, 1.82) is 0 Å². The molecule has 0 unspecified atom stereocenters. The number of nitrogens with zero attached hydrogens (tertiary/aromatic N) is 1. The fourth-order valence-electron chi connectivity index (χ4n) is 1.52. The van der Waals surface area contributed by atoms with E-state index in [4.69, 9.17) is 4.74 Å². The zero-order valence-corrected chi connectivity index (χ0v) is 11.7. The summed E-state index contributed by atoms with van der Waals surface area (Å²) in [5.74, 6) is 0.0194. The molecule has 6 nitrogen and oxygen atoms in total. The van der Waals surface area contributed by atoms with E-state index < -0.39 is 10.0 Å². The fourth-order valence-corrected chi connectivity index (χ4v) is 2.46. The number of sulfonamides is 1. The molecule has 0 fully saturated rings. The number of rotatable bonds is 9. The lowest BCUT2D eigenvalue weighted by atomic mass is 10.1. The second kappa shape index (κ2) is 7.50. The maximum Gasteiger partial charge on any atom is 0.213 e. The molecule has 2 N–H and O–H groups in total. The van der Waals surface area contributed by atoms with Crippen LogP contribution in [0.15, 0.2) is 6.20 Å². The molecule has 0 aromatic carbocycles. The number of nitrogens with one attached hydrogen (secondary N) is 2. The van der Waals surface area contributed by atoms with Crippen molar-refractivity contribution in [3.8, 4) is 0 Å². The maximum absolute atomic E-state index is 11.5. The lowest BCUT2D eigenvalue weighted by Gasteiger charge is -2.06. The van der Waals surface area contributed by atoms with Gasteiger partial charge in [0.1, 0.15) is 0 Å². The first-order valence-corrected chi connectivity index (χ1v) is 7.74.